The van der Waals surface area contributed by atoms with Gasteiger partial charge < -0.3 is 9.64 Å². The van der Waals surface area contributed by atoms with Gasteiger partial charge >= 0.3 is 0 Å². The summed E-state index contributed by atoms with van der Waals surface area (Å²) in [5.74, 6) is -1.15. The van der Waals surface area contributed by atoms with Crippen LogP contribution in [0.1, 0.15) is 26.2 Å². The van der Waals surface area contributed by atoms with Crippen LogP contribution in [-0.2, 0) is 4.79 Å². The Bertz CT molecular complexity index is 696. The number of amides is 1. The highest BCUT2D eigenvalue weighted by atomic mass is 32.1. The Morgan fingerprint density at radius 2 is 2.14 bits per heavy atom. The van der Waals surface area contributed by atoms with Gasteiger partial charge in [-0.3, -0.25) is 4.79 Å². The van der Waals surface area contributed by atoms with E-state index >= 15 is 0 Å². The van der Waals surface area contributed by atoms with Crippen molar-refractivity contribution in [3.63, 3.8) is 0 Å². The molecule has 0 spiro atoms. The first kappa shape index (κ1) is 15.1. The Kier molecular flexibility index (Phi) is 4.24. The van der Waals surface area contributed by atoms with Crippen LogP contribution in [0.25, 0.3) is 10.2 Å². The van der Waals surface area contributed by atoms with E-state index in [1.165, 1.54) is 6.07 Å². The standard InChI is InChI=1S/C15H16F2N2O2S/c1-2-13(20)19-5-3-10(4-6-19)21-15-18-14-11(17)7-9(16)8-12(14)22-15/h7-8,10H,2-6H2,1H3. The molecule has 0 unspecified atom stereocenters. The van der Waals surface area contributed by atoms with Gasteiger partial charge in [-0.25, -0.2) is 8.78 Å². The van der Waals surface area contributed by atoms with Crippen molar-refractivity contribution in [1.29, 1.82) is 0 Å². The van der Waals surface area contributed by atoms with E-state index in [4.69, 9.17) is 4.74 Å². The highest BCUT2D eigenvalue weighted by Crippen LogP contribution is 2.31. The summed E-state index contributed by atoms with van der Waals surface area (Å²) in [6.07, 6.45) is 1.90. The van der Waals surface area contributed by atoms with Crippen LogP contribution in [0, 0.1) is 11.6 Å². The van der Waals surface area contributed by atoms with E-state index in [9.17, 15) is 13.6 Å². The molecule has 1 aliphatic rings. The van der Waals surface area contributed by atoms with Crippen molar-refractivity contribution in [2.45, 2.75) is 32.3 Å². The largest absolute Gasteiger partial charge is 0.467 e. The van der Waals surface area contributed by atoms with Gasteiger partial charge in [-0.2, -0.15) is 4.98 Å². The zero-order valence-corrected chi connectivity index (χ0v) is 13.0. The Hall–Kier alpha value is -1.76. The van der Waals surface area contributed by atoms with Crippen LogP contribution in [0.4, 0.5) is 8.78 Å². The maximum absolute atomic E-state index is 13.6. The number of carbonyl (C=O) groups is 1. The van der Waals surface area contributed by atoms with Gasteiger partial charge in [-0.1, -0.05) is 18.3 Å². The lowest BCUT2D eigenvalue weighted by molar-refractivity contribution is -0.132. The van der Waals surface area contributed by atoms with E-state index in [0.717, 1.165) is 30.2 Å². The highest BCUT2D eigenvalue weighted by molar-refractivity contribution is 7.20. The molecular formula is C15H16F2N2O2S. The molecule has 1 saturated heterocycles. The quantitative estimate of drug-likeness (QED) is 0.868. The number of piperidine rings is 1. The molecule has 0 atom stereocenters. The van der Waals surface area contributed by atoms with E-state index in [-0.39, 0.29) is 17.5 Å². The Morgan fingerprint density at radius 1 is 1.41 bits per heavy atom. The van der Waals surface area contributed by atoms with Crippen LogP contribution in [0.2, 0.25) is 0 Å². The lowest BCUT2D eigenvalue weighted by Gasteiger charge is -2.31. The van der Waals surface area contributed by atoms with Gasteiger partial charge in [0.1, 0.15) is 17.4 Å². The summed E-state index contributed by atoms with van der Waals surface area (Å²) in [6.45, 7) is 3.16. The second-order valence-corrected chi connectivity index (χ2v) is 6.26. The van der Waals surface area contributed by atoms with Gasteiger partial charge in [0.25, 0.3) is 5.19 Å². The normalized spacial score (nSPS) is 16.2. The number of halogens is 2. The third kappa shape index (κ3) is 3.04. The van der Waals surface area contributed by atoms with Crippen molar-refractivity contribution < 1.29 is 18.3 Å². The minimum absolute atomic E-state index is 0.0469. The van der Waals surface area contributed by atoms with Gasteiger partial charge in [-0.05, 0) is 6.07 Å². The first-order valence-electron chi connectivity index (χ1n) is 7.27. The fourth-order valence-electron chi connectivity index (χ4n) is 2.58. The molecule has 1 aromatic carbocycles. The van der Waals surface area contributed by atoms with E-state index < -0.39 is 11.6 Å². The molecule has 0 aliphatic carbocycles. The van der Waals surface area contributed by atoms with Gasteiger partial charge in [-0.15, -0.1) is 0 Å². The molecule has 0 bridgehead atoms. The average molecular weight is 326 g/mol. The molecule has 1 aliphatic heterocycles. The molecule has 0 radical (unpaired) electrons. The number of thiazole rings is 1. The van der Waals surface area contributed by atoms with E-state index in [1.54, 1.807) is 0 Å². The number of aromatic nitrogens is 1. The number of nitrogens with zero attached hydrogens (tertiary/aromatic N) is 2. The zero-order chi connectivity index (χ0) is 15.7. The van der Waals surface area contributed by atoms with Crippen LogP contribution >= 0.6 is 11.3 Å². The van der Waals surface area contributed by atoms with Crippen molar-refractivity contribution in [1.82, 2.24) is 9.88 Å². The Balaban J connectivity index is 1.67. The maximum atomic E-state index is 13.6. The number of hydrogen-bond donors (Lipinski definition) is 0. The summed E-state index contributed by atoms with van der Waals surface area (Å²) in [5.41, 5.74) is 0.139. The van der Waals surface area contributed by atoms with Crippen LogP contribution in [0.5, 0.6) is 5.19 Å². The summed E-state index contributed by atoms with van der Waals surface area (Å²) in [7, 11) is 0. The number of likely N-dealkylation sites (tertiary alicyclic amines) is 1. The van der Waals surface area contributed by atoms with E-state index in [2.05, 4.69) is 4.98 Å². The van der Waals surface area contributed by atoms with E-state index in [0.29, 0.717) is 29.4 Å². The topological polar surface area (TPSA) is 42.4 Å². The van der Waals surface area contributed by atoms with Crippen LogP contribution in [0.15, 0.2) is 12.1 Å². The molecule has 2 heterocycles. The molecule has 0 N–H and O–H groups in total. The van der Waals surface area contributed by atoms with Crippen molar-refractivity contribution in [2.75, 3.05) is 13.1 Å². The molecule has 1 amide bonds. The number of ether oxygens (including phenoxy) is 1. The average Bonchev–Trinajstić information content (AvgIpc) is 2.90. The SMILES string of the molecule is CCC(=O)N1CCC(Oc2nc3c(F)cc(F)cc3s2)CC1. The summed E-state index contributed by atoms with van der Waals surface area (Å²) >= 11 is 1.14. The number of hydrogen-bond acceptors (Lipinski definition) is 4. The summed E-state index contributed by atoms with van der Waals surface area (Å²) < 4.78 is 33.0. The lowest BCUT2D eigenvalue weighted by atomic mass is 10.1. The lowest BCUT2D eigenvalue weighted by Crippen LogP contribution is -2.41. The zero-order valence-electron chi connectivity index (χ0n) is 12.1. The molecule has 1 fully saturated rings. The molecule has 118 valence electrons. The van der Waals surface area contributed by atoms with Crippen molar-refractivity contribution in [3.8, 4) is 5.19 Å². The number of rotatable bonds is 3. The van der Waals surface area contributed by atoms with Crippen molar-refractivity contribution in [2.24, 2.45) is 0 Å². The predicted molar refractivity (Wildman–Crippen MR) is 80.1 cm³/mol. The van der Waals surface area contributed by atoms with Gasteiger partial charge in [0.2, 0.25) is 5.91 Å². The summed E-state index contributed by atoms with van der Waals surface area (Å²) in [6, 6.07) is 2.08. The van der Waals surface area contributed by atoms with Gasteiger partial charge in [0.05, 0.1) is 4.70 Å². The monoisotopic (exact) mass is 326 g/mol. The van der Waals surface area contributed by atoms with Crippen LogP contribution in [0.3, 0.4) is 0 Å². The van der Waals surface area contributed by atoms with Gasteiger partial charge in [0.15, 0.2) is 5.82 Å². The summed E-state index contributed by atoms with van der Waals surface area (Å²) in [5, 5.41) is 0.347. The summed E-state index contributed by atoms with van der Waals surface area (Å²) in [4.78, 5) is 17.5. The minimum atomic E-state index is -0.676. The second-order valence-electron chi connectivity index (χ2n) is 5.27. The first-order valence-corrected chi connectivity index (χ1v) is 8.08. The Labute approximate surface area is 130 Å². The minimum Gasteiger partial charge on any atom is -0.467 e. The molecule has 1 aromatic heterocycles. The molecule has 2 aromatic rings. The molecule has 0 saturated carbocycles. The molecule has 3 rings (SSSR count). The third-order valence-electron chi connectivity index (χ3n) is 3.76. The Morgan fingerprint density at radius 3 is 2.82 bits per heavy atom. The second kappa shape index (κ2) is 6.16. The molecular weight excluding hydrogens is 310 g/mol. The molecule has 7 heteroatoms. The number of fused-ring (bicyclic) bond motifs is 1. The van der Waals surface area contributed by atoms with Crippen LogP contribution < -0.4 is 4.74 Å². The fourth-order valence-corrected chi connectivity index (χ4v) is 3.50. The highest BCUT2D eigenvalue weighted by Gasteiger charge is 2.24. The van der Waals surface area contributed by atoms with Gasteiger partial charge in [0, 0.05) is 38.4 Å². The number of carbonyl (C=O) groups excluding carboxylic acids is 1. The smallest absolute Gasteiger partial charge is 0.274 e. The molecule has 22 heavy (non-hydrogen) atoms. The maximum Gasteiger partial charge on any atom is 0.274 e. The predicted octanol–water partition coefficient (Wildman–Crippen LogP) is 3.35. The molecule has 4 nitrogen and oxygen atoms in total. The third-order valence-corrected chi connectivity index (χ3v) is 4.65. The first-order chi connectivity index (χ1) is 10.6. The van der Waals surface area contributed by atoms with Crippen molar-refractivity contribution >= 4 is 27.5 Å². The van der Waals surface area contributed by atoms with E-state index in [1.807, 2.05) is 11.8 Å². The number of benzene rings is 1. The van der Waals surface area contributed by atoms with Crippen molar-refractivity contribution in [3.05, 3.63) is 23.8 Å². The van der Waals surface area contributed by atoms with Crippen LogP contribution in [-0.4, -0.2) is 35.0 Å². The fraction of sp³-hybridized carbons (Fsp3) is 0.467.